The molecule has 100 valence electrons. The predicted molar refractivity (Wildman–Crippen MR) is 50.6 cm³/mol. The van der Waals surface area contributed by atoms with Crippen molar-refractivity contribution in [2.45, 2.75) is 25.0 Å². The molecule has 0 radical (unpaired) electrons. The first kappa shape index (κ1) is 22.5. The third-order valence-corrected chi connectivity index (χ3v) is 1.43. The van der Waals surface area contributed by atoms with Crippen molar-refractivity contribution in [1.29, 1.82) is 0 Å². The fourth-order valence-electron chi connectivity index (χ4n) is 0.477. The van der Waals surface area contributed by atoms with Crippen LogP contribution in [0.2, 0.25) is 0 Å². The summed E-state index contributed by atoms with van der Waals surface area (Å²) in [4.78, 5) is 29.3. The van der Waals surface area contributed by atoms with Crippen LogP contribution in [0.4, 0.5) is 0 Å². The third-order valence-electron chi connectivity index (χ3n) is 1.43. The van der Waals surface area contributed by atoms with Gasteiger partial charge in [-0.3, -0.25) is 9.59 Å². The fraction of sp³-hybridized carbons (Fsp3) is 0.625. The minimum Gasteiger partial charge on any atom is -0.547 e. The third kappa shape index (κ3) is 15.3. The van der Waals surface area contributed by atoms with E-state index in [9.17, 15) is 19.5 Å². The molecule has 0 aromatic carbocycles. The number of carboxylic acids is 3. The number of hydrogen-bond acceptors (Lipinski definition) is 7. The van der Waals surface area contributed by atoms with E-state index in [1.54, 1.807) is 0 Å². The van der Waals surface area contributed by atoms with Crippen LogP contribution in [0.1, 0.15) is 12.8 Å². The second kappa shape index (κ2) is 12.7. The number of hydrogen-bond donors (Lipinski definition) is 5. The summed E-state index contributed by atoms with van der Waals surface area (Å²) in [5.41, 5.74) is 5.00. The maximum Gasteiger partial charge on any atom is 1.00 e. The molecule has 0 spiro atoms. The molecule has 0 aromatic rings. The Morgan fingerprint density at radius 3 is 1.83 bits per heavy atom. The van der Waals surface area contributed by atoms with Crippen LogP contribution in [0.5, 0.6) is 0 Å². The molecule has 0 aliphatic rings. The van der Waals surface area contributed by atoms with Crippen molar-refractivity contribution in [3.05, 3.63) is 0 Å². The number of aliphatic hydroxyl groups is 2. The number of nitrogens with two attached hydrogens (primary N) is 1. The summed E-state index contributed by atoms with van der Waals surface area (Å²) < 4.78 is 0. The number of rotatable bonds is 6. The molecule has 0 aliphatic heterocycles. The normalized spacial score (nSPS) is 12.2. The molecular formula is C8H14NNaO8. The van der Waals surface area contributed by atoms with Gasteiger partial charge in [-0.1, -0.05) is 0 Å². The molecule has 0 fully saturated rings. The number of aliphatic carboxylic acids is 3. The van der Waals surface area contributed by atoms with Gasteiger partial charge in [-0.15, -0.1) is 0 Å². The summed E-state index contributed by atoms with van der Waals surface area (Å²) in [6.07, 6.45) is -1.96. The van der Waals surface area contributed by atoms with Crippen LogP contribution >= 0.6 is 0 Å². The predicted octanol–water partition coefficient (Wildman–Crippen LogP) is -6.64. The minimum atomic E-state index is -1.74. The van der Waals surface area contributed by atoms with Gasteiger partial charge in [-0.25, -0.2) is 0 Å². The van der Waals surface area contributed by atoms with Crippen LogP contribution in [-0.2, 0) is 14.4 Å². The summed E-state index contributed by atoms with van der Waals surface area (Å²) >= 11 is 0. The summed E-state index contributed by atoms with van der Waals surface area (Å²) in [5.74, 6) is -3.85. The van der Waals surface area contributed by atoms with Crippen LogP contribution in [0.15, 0.2) is 0 Å². The first-order chi connectivity index (χ1) is 7.72. The van der Waals surface area contributed by atoms with E-state index in [0.29, 0.717) is 0 Å². The number of carbonyl (C=O) groups excluding carboxylic acids is 1. The van der Waals surface area contributed by atoms with E-state index >= 15 is 0 Å². The SMILES string of the molecule is NC(CCC(=O)O)C(=O)O.O=C([O-])C(O)CO.[Na+]. The Labute approximate surface area is 125 Å². The average Bonchev–Trinajstić information content (AvgIpc) is 2.24. The molecule has 0 heterocycles. The first-order valence-electron chi connectivity index (χ1n) is 4.42. The van der Waals surface area contributed by atoms with E-state index in [1.165, 1.54) is 0 Å². The van der Waals surface area contributed by atoms with E-state index in [4.69, 9.17) is 26.2 Å². The maximum absolute atomic E-state index is 9.99. The van der Waals surface area contributed by atoms with Crippen LogP contribution in [0, 0.1) is 0 Å². The van der Waals surface area contributed by atoms with E-state index in [-0.39, 0.29) is 42.4 Å². The smallest absolute Gasteiger partial charge is 0.547 e. The molecule has 10 heteroatoms. The molecule has 0 saturated carbocycles. The van der Waals surface area contributed by atoms with Crippen molar-refractivity contribution in [1.82, 2.24) is 0 Å². The van der Waals surface area contributed by atoms with Crippen molar-refractivity contribution < 1.29 is 69.5 Å². The second-order valence-electron chi connectivity index (χ2n) is 2.89. The molecule has 2 atom stereocenters. The van der Waals surface area contributed by atoms with Crippen molar-refractivity contribution in [3.63, 3.8) is 0 Å². The number of carbonyl (C=O) groups is 3. The van der Waals surface area contributed by atoms with Crippen molar-refractivity contribution in [2.24, 2.45) is 5.73 Å². The zero-order valence-corrected chi connectivity index (χ0v) is 11.8. The molecular weight excluding hydrogens is 261 g/mol. The monoisotopic (exact) mass is 275 g/mol. The zero-order valence-electron chi connectivity index (χ0n) is 9.78. The van der Waals surface area contributed by atoms with Crippen molar-refractivity contribution in [3.8, 4) is 0 Å². The van der Waals surface area contributed by atoms with Gasteiger partial charge in [0.15, 0.2) is 0 Å². The Morgan fingerprint density at radius 1 is 1.22 bits per heavy atom. The Bertz CT molecular complexity index is 272. The Hall–Kier alpha value is -0.710. The van der Waals surface area contributed by atoms with E-state index in [2.05, 4.69) is 0 Å². The number of carboxylic acid groups (broad SMARTS) is 3. The Balaban J connectivity index is -0.000000251. The van der Waals surface area contributed by atoms with Gasteiger partial charge in [0.2, 0.25) is 0 Å². The van der Waals surface area contributed by atoms with Gasteiger partial charge < -0.3 is 36.1 Å². The van der Waals surface area contributed by atoms with E-state index < -0.39 is 36.7 Å². The van der Waals surface area contributed by atoms with Gasteiger partial charge in [0, 0.05) is 6.42 Å². The second-order valence-corrected chi connectivity index (χ2v) is 2.89. The van der Waals surface area contributed by atoms with Gasteiger partial charge >= 0.3 is 41.5 Å². The molecule has 6 N–H and O–H groups in total. The Morgan fingerprint density at radius 2 is 1.67 bits per heavy atom. The van der Waals surface area contributed by atoms with Gasteiger partial charge in [-0.2, -0.15) is 0 Å². The first-order valence-corrected chi connectivity index (χ1v) is 4.42. The largest absolute Gasteiger partial charge is 1.00 e. The van der Waals surface area contributed by atoms with Crippen molar-refractivity contribution in [2.75, 3.05) is 6.61 Å². The molecule has 9 nitrogen and oxygen atoms in total. The minimum absolute atomic E-state index is 0. The standard InChI is InChI=1S/C5H9NO4.C3H6O4.Na/c6-3(5(9)10)1-2-4(7)8;4-1-2(5)3(6)7;/h3H,1-2,6H2,(H,7,8)(H,9,10);2,4-5H,1H2,(H,6,7);/q;;+1/p-1. The van der Waals surface area contributed by atoms with Gasteiger partial charge in [0.05, 0.1) is 12.6 Å². The quantitative estimate of drug-likeness (QED) is 0.294. The van der Waals surface area contributed by atoms with Gasteiger partial charge in [0.25, 0.3) is 0 Å². The Kier molecular flexibility index (Phi) is 15.9. The van der Waals surface area contributed by atoms with Crippen LogP contribution in [-0.4, -0.2) is 57.1 Å². The van der Waals surface area contributed by atoms with E-state index in [1.807, 2.05) is 0 Å². The van der Waals surface area contributed by atoms with Crippen LogP contribution in [0.25, 0.3) is 0 Å². The fourth-order valence-corrected chi connectivity index (χ4v) is 0.477. The topological polar surface area (TPSA) is 181 Å². The molecule has 0 rings (SSSR count). The van der Waals surface area contributed by atoms with Gasteiger partial charge in [-0.05, 0) is 6.42 Å². The molecule has 0 saturated heterocycles. The summed E-state index contributed by atoms with van der Waals surface area (Å²) in [6.45, 7) is -0.789. The summed E-state index contributed by atoms with van der Waals surface area (Å²) in [6, 6.07) is -1.06. The maximum atomic E-state index is 9.99. The van der Waals surface area contributed by atoms with Crippen LogP contribution < -0.4 is 40.4 Å². The summed E-state index contributed by atoms with van der Waals surface area (Å²) in [7, 11) is 0. The van der Waals surface area contributed by atoms with E-state index in [0.717, 1.165) is 0 Å². The van der Waals surface area contributed by atoms with Gasteiger partial charge in [0.1, 0.15) is 12.1 Å². The van der Waals surface area contributed by atoms with Crippen LogP contribution in [0.3, 0.4) is 0 Å². The zero-order chi connectivity index (χ0) is 14.0. The molecule has 0 amide bonds. The summed E-state index contributed by atoms with van der Waals surface area (Å²) in [5, 5.41) is 41.5. The molecule has 0 aliphatic carbocycles. The average molecular weight is 275 g/mol. The molecule has 18 heavy (non-hydrogen) atoms. The molecule has 0 aromatic heterocycles. The van der Waals surface area contributed by atoms with Crippen molar-refractivity contribution >= 4 is 17.9 Å². The molecule has 2 unspecified atom stereocenters. The number of aliphatic hydroxyl groups excluding tert-OH is 2. The molecule has 0 bridgehead atoms.